The lowest BCUT2D eigenvalue weighted by molar-refractivity contribution is 0.0576. The molecule has 4 heteroatoms. The predicted molar refractivity (Wildman–Crippen MR) is 78.2 cm³/mol. The van der Waals surface area contributed by atoms with Gasteiger partial charge in [0.15, 0.2) is 0 Å². The van der Waals surface area contributed by atoms with Crippen molar-refractivity contribution in [2.45, 2.75) is 38.6 Å². The number of carbonyl (C=O) groups excluding carboxylic acids is 1. The van der Waals surface area contributed by atoms with E-state index in [0.717, 1.165) is 30.2 Å². The summed E-state index contributed by atoms with van der Waals surface area (Å²) in [4.78, 5) is 14.4. The molecule has 0 aromatic heterocycles. The van der Waals surface area contributed by atoms with Gasteiger partial charge in [-0.25, -0.2) is 4.39 Å². The van der Waals surface area contributed by atoms with E-state index in [2.05, 4.69) is 15.9 Å². The summed E-state index contributed by atoms with van der Waals surface area (Å²) in [5.74, 6) is -0.578. The molecule has 0 spiro atoms. The Morgan fingerprint density at radius 1 is 1.47 bits per heavy atom. The Bertz CT molecular complexity index is 459. The van der Waals surface area contributed by atoms with Gasteiger partial charge in [-0.15, -0.1) is 0 Å². The van der Waals surface area contributed by atoms with Gasteiger partial charge in [0, 0.05) is 17.9 Å². The zero-order valence-electron chi connectivity index (χ0n) is 11.2. The summed E-state index contributed by atoms with van der Waals surface area (Å²) in [6.07, 6.45) is 4.15. The molecule has 2 nitrogen and oxygen atoms in total. The smallest absolute Gasteiger partial charge is 0.257 e. The molecule has 1 fully saturated rings. The monoisotopic (exact) mass is 327 g/mol. The Morgan fingerprint density at radius 3 is 2.79 bits per heavy atom. The molecule has 1 aliphatic carbocycles. The molecule has 19 heavy (non-hydrogen) atoms. The van der Waals surface area contributed by atoms with Crippen LogP contribution in [0.15, 0.2) is 18.2 Å². The number of benzene rings is 1. The standard InChI is InChI=1S/C15H19BrFNO/c1-11-6-7-14(17)13(10-11)15(19)18(9-3-8-16)12-4-2-5-12/h6-7,10,12H,2-5,8-9H2,1H3. The molecule has 0 unspecified atom stereocenters. The third kappa shape index (κ3) is 3.35. The number of nitrogens with zero attached hydrogens (tertiary/aromatic N) is 1. The normalized spacial score (nSPS) is 15.1. The Hall–Kier alpha value is -0.900. The molecule has 0 radical (unpaired) electrons. The third-order valence-corrected chi connectivity index (χ3v) is 4.22. The van der Waals surface area contributed by atoms with Crippen molar-refractivity contribution in [3.8, 4) is 0 Å². The number of carbonyl (C=O) groups is 1. The number of aryl methyl sites for hydroxylation is 1. The fourth-order valence-corrected chi connectivity index (χ4v) is 2.59. The second-order valence-corrected chi connectivity index (χ2v) is 5.90. The van der Waals surface area contributed by atoms with Gasteiger partial charge < -0.3 is 4.90 Å². The highest BCUT2D eigenvalue weighted by atomic mass is 79.9. The van der Waals surface area contributed by atoms with E-state index in [-0.39, 0.29) is 11.5 Å². The van der Waals surface area contributed by atoms with Gasteiger partial charge in [-0.1, -0.05) is 27.6 Å². The first kappa shape index (κ1) is 14.5. The first-order chi connectivity index (χ1) is 9.13. The molecule has 0 aliphatic heterocycles. The topological polar surface area (TPSA) is 20.3 Å². The van der Waals surface area contributed by atoms with Crippen LogP contribution in [0.2, 0.25) is 0 Å². The molecule has 0 atom stereocenters. The van der Waals surface area contributed by atoms with Crippen LogP contribution in [-0.2, 0) is 0 Å². The molecule has 0 heterocycles. The molecule has 0 saturated heterocycles. The molecule has 1 amide bonds. The fraction of sp³-hybridized carbons (Fsp3) is 0.533. The van der Waals surface area contributed by atoms with E-state index in [9.17, 15) is 9.18 Å². The van der Waals surface area contributed by atoms with E-state index in [1.165, 1.54) is 12.5 Å². The van der Waals surface area contributed by atoms with Gasteiger partial charge in [0.1, 0.15) is 5.82 Å². The van der Waals surface area contributed by atoms with Crippen molar-refractivity contribution >= 4 is 21.8 Å². The Kier molecular flexibility index (Phi) is 4.97. The van der Waals surface area contributed by atoms with Crippen LogP contribution in [0.4, 0.5) is 4.39 Å². The SMILES string of the molecule is Cc1ccc(F)c(C(=O)N(CCCBr)C2CCC2)c1. The summed E-state index contributed by atoms with van der Waals surface area (Å²) in [5, 5.41) is 0.861. The van der Waals surface area contributed by atoms with Crippen LogP contribution in [0.1, 0.15) is 41.6 Å². The van der Waals surface area contributed by atoms with Gasteiger partial charge in [-0.05, 0) is 44.7 Å². The summed E-state index contributed by atoms with van der Waals surface area (Å²) >= 11 is 3.39. The lowest BCUT2D eigenvalue weighted by atomic mass is 9.90. The third-order valence-electron chi connectivity index (χ3n) is 3.66. The number of halogens is 2. The van der Waals surface area contributed by atoms with Crippen molar-refractivity contribution in [3.05, 3.63) is 35.1 Å². The van der Waals surface area contributed by atoms with Crippen molar-refractivity contribution in [1.29, 1.82) is 0 Å². The molecule has 1 saturated carbocycles. The van der Waals surface area contributed by atoms with Gasteiger partial charge in [-0.2, -0.15) is 0 Å². The van der Waals surface area contributed by atoms with Crippen molar-refractivity contribution in [3.63, 3.8) is 0 Å². The molecule has 1 aliphatic rings. The van der Waals surface area contributed by atoms with E-state index in [0.29, 0.717) is 12.6 Å². The molecule has 2 rings (SSSR count). The van der Waals surface area contributed by atoms with E-state index in [1.807, 2.05) is 11.8 Å². The number of alkyl halides is 1. The number of hydrogen-bond donors (Lipinski definition) is 0. The largest absolute Gasteiger partial charge is 0.336 e. The molecular weight excluding hydrogens is 309 g/mol. The minimum Gasteiger partial charge on any atom is -0.336 e. The van der Waals surface area contributed by atoms with Crippen LogP contribution in [0.25, 0.3) is 0 Å². The summed E-state index contributed by atoms with van der Waals surface area (Å²) < 4.78 is 13.8. The first-order valence-corrected chi connectivity index (χ1v) is 7.88. The fourth-order valence-electron chi connectivity index (χ4n) is 2.34. The first-order valence-electron chi connectivity index (χ1n) is 6.76. The Labute approximate surface area is 122 Å². The Balaban J connectivity index is 2.19. The van der Waals surface area contributed by atoms with Crippen LogP contribution in [0.3, 0.4) is 0 Å². The lowest BCUT2D eigenvalue weighted by Crippen LogP contribution is -2.45. The van der Waals surface area contributed by atoms with E-state index in [4.69, 9.17) is 0 Å². The minimum absolute atomic E-state index is 0.160. The Morgan fingerprint density at radius 2 is 2.21 bits per heavy atom. The van der Waals surface area contributed by atoms with Crippen LogP contribution < -0.4 is 0 Å². The van der Waals surface area contributed by atoms with E-state index in [1.54, 1.807) is 12.1 Å². The summed E-state index contributed by atoms with van der Waals surface area (Å²) in [6, 6.07) is 5.02. The summed E-state index contributed by atoms with van der Waals surface area (Å²) in [6.45, 7) is 2.57. The van der Waals surface area contributed by atoms with Crippen LogP contribution in [0, 0.1) is 12.7 Å². The van der Waals surface area contributed by atoms with Gasteiger partial charge in [0.25, 0.3) is 5.91 Å². The van der Waals surface area contributed by atoms with E-state index >= 15 is 0 Å². The average Bonchev–Trinajstić information content (AvgIpc) is 2.34. The quantitative estimate of drug-likeness (QED) is 0.751. The second kappa shape index (κ2) is 6.51. The minimum atomic E-state index is -0.418. The van der Waals surface area contributed by atoms with Crippen molar-refractivity contribution in [2.75, 3.05) is 11.9 Å². The summed E-state index contributed by atoms with van der Waals surface area (Å²) in [5.41, 5.74) is 1.13. The molecule has 104 valence electrons. The average molecular weight is 328 g/mol. The van der Waals surface area contributed by atoms with Gasteiger partial charge in [-0.3, -0.25) is 4.79 Å². The highest BCUT2D eigenvalue weighted by Gasteiger charge is 2.30. The van der Waals surface area contributed by atoms with Crippen LogP contribution >= 0.6 is 15.9 Å². The molecule has 1 aromatic carbocycles. The predicted octanol–water partition coefficient (Wildman–Crippen LogP) is 3.91. The maximum Gasteiger partial charge on any atom is 0.257 e. The van der Waals surface area contributed by atoms with Crippen molar-refractivity contribution in [1.82, 2.24) is 4.90 Å². The van der Waals surface area contributed by atoms with Crippen molar-refractivity contribution in [2.24, 2.45) is 0 Å². The molecular formula is C15H19BrFNO. The van der Waals surface area contributed by atoms with Crippen LogP contribution in [-0.4, -0.2) is 28.7 Å². The second-order valence-electron chi connectivity index (χ2n) is 5.11. The maximum atomic E-state index is 13.8. The number of amides is 1. The lowest BCUT2D eigenvalue weighted by Gasteiger charge is -2.37. The van der Waals surface area contributed by atoms with Crippen LogP contribution in [0.5, 0.6) is 0 Å². The van der Waals surface area contributed by atoms with Gasteiger partial charge in [0.05, 0.1) is 5.56 Å². The van der Waals surface area contributed by atoms with Gasteiger partial charge >= 0.3 is 0 Å². The molecule has 0 N–H and O–H groups in total. The highest BCUT2D eigenvalue weighted by Crippen LogP contribution is 2.27. The van der Waals surface area contributed by atoms with Gasteiger partial charge in [0.2, 0.25) is 0 Å². The zero-order chi connectivity index (χ0) is 13.8. The summed E-state index contributed by atoms with van der Waals surface area (Å²) in [7, 11) is 0. The zero-order valence-corrected chi connectivity index (χ0v) is 12.7. The molecule has 0 bridgehead atoms. The highest BCUT2D eigenvalue weighted by molar-refractivity contribution is 9.09. The van der Waals surface area contributed by atoms with E-state index < -0.39 is 5.82 Å². The number of rotatable bonds is 5. The maximum absolute atomic E-state index is 13.8. The molecule has 1 aromatic rings. The number of hydrogen-bond acceptors (Lipinski definition) is 1. The van der Waals surface area contributed by atoms with Crippen molar-refractivity contribution < 1.29 is 9.18 Å².